The third kappa shape index (κ3) is 3.85. The highest BCUT2D eigenvalue weighted by atomic mass is 127. The first kappa shape index (κ1) is 14.6. The smallest absolute Gasteiger partial charge is 0.130 e. The molecule has 0 atom stereocenters. The van der Waals surface area contributed by atoms with Gasteiger partial charge in [0, 0.05) is 43.1 Å². The summed E-state index contributed by atoms with van der Waals surface area (Å²) in [5, 5.41) is 4.33. The van der Waals surface area contributed by atoms with E-state index >= 15 is 0 Å². The molecule has 0 N–H and O–H groups in total. The van der Waals surface area contributed by atoms with Crippen molar-refractivity contribution >= 4 is 63.3 Å². The molecule has 0 spiro atoms. The lowest BCUT2D eigenvalue weighted by molar-refractivity contribution is 0.964. The predicted octanol–water partition coefficient (Wildman–Crippen LogP) is 5.26. The van der Waals surface area contributed by atoms with Crippen molar-refractivity contribution in [3.05, 3.63) is 44.8 Å². The van der Waals surface area contributed by atoms with Crippen molar-refractivity contribution in [2.75, 3.05) is 10.8 Å². The summed E-state index contributed by atoms with van der Waals surface area (Å²) < 4.78 is 3.17. The maximum atomic E-state index is 4.35. The molecule has 0 bridgehead atoms. The molecule has 0 unspecified atom stereocenters. The second-order valence-corrected chi connectivity index (χ2v) is 7.17. The number of aryl methyl sites for hydroxylation is 1. The fourth-order valence-corrected chi connectivity index (χ4v) is 4.42. The highest BCUT2D eigenvalue weighted by Gasteiger charge is 2.11. The second-order valence-electron chi connectivity index (χ2n) is 3.88. The third-order valence-corrected chi connectivity index (χ3v) is 5.81. The minimum absolute atomic E-state index is 0.905. The summed E-state index contributed by atoms with van der Waals surface area (Å²) in [6, 6.07) is 4.35. The Morgan fingerprint density at radius 1 is 1.56 bits per heavy atom. The van der Waals surface area contributed by atoms with Crippen LogP contribution in [0, 0.1) is 6.92 Å². The Morgan fingerprint density at radius 2 is 2.39 bits per heavy atom. The van der Waals surface area contributed by atoms with Crippen molar-refractivity contribution in [3.8, 4) is 0 Å². The molecule has 2 aromatic rings. The zero-order chi connectivity index (χ0) is 13.0. The first-order valence-corrected chi connectivity index (χ1v) is 10.5. The monoisotopic (exact) mass is 454 g/mol. The summed E-state index contributed by atoms with van der Waals surface area (Å²) in [5.74, 6) is 0. The van der Waals surface area contributed by atoms with Crippen molar-refractivity contribution < 1.29 is 0 Å². The van der Waals surface area contributed by atoms with Gasteiger partial charge in [-0.15, -0.1) is 0 Å². The van der Waals surface area contributed by atoms with Crippen molar-refractivity contribution in [1.82, 2.24) is 4.98 Å². The van der Waals surface area contributed by atoms with E-state index in [1.54, 1.807) is 20.5 Å². The molecule has 0 fully saturated rings. The molecule has 0 aromatic carbocycles. The Kier molecular flexibility index (Phi) is 5.78. The van der Waals surface area contributed by atoms with Crippen LogP contribution in [0.1, 0.15) is 11.1 Å². The molecule has 2 heterocycles. The van der Waals surface area contributed by atoms with E-state index < -0.39 is 0 Å². The lowest BCUT2D eigenvalue weighted by Gasteiger charge is -2.21. The fourth-order valence-electron chi connectivity index (χ4n) is 1.57. The highest BCUT2D eigenvalue weighted by molar-refractivity contribution is 14.2. The first-order valence-electron chi connectivity index (χ1n) is 5.40. The van der Waals surface area contributed by atoms with E-state index in [1.165, 1.54) is 11.1 Å². The van der Waals surface area contributed by atoms with E-state index in [4.69, 9.17) is 0 Å². The van der Waals surface area contributed by atoms with Gasteiger partial charge in [-0.2, -0.15) is 11.3 Å². The van der Waals surface area contributed by atoms with Crippen molar-refractivity contribution in [1.29, 1.82) is 0 Å². The molecule has 0 radical (unpaired) electrons. The summed E-state index contributed by atoms with van der Waals surface area (Å²) in [4.78, 5) is 4.35. The Labute approximate surface area is 136 Å². The molecule has 0 amide bonds. The molecule has 18 heavy (non-hydrogen) atoms. The third-order valence-electron chi connectivity index (χ3n) is 2.49. The van der Waals surface area contributed by atoms with Gasteiger partial charge in [-0.1, -0.05) is 0 Å². The average molecular weight is 455 g/mol. The van der Waals surface area contributed by atoms with E-state index in [2.05, 4.69) is 76.2 Å². The second kappa shape index (κ2) is 7.12. The van der Waals surface area contributed by atoms with E-state index in [1.807, 2.05) is 6.20 Å². The minimum atomic E-state index is 0.905. The fraction of sp³-hybridized carbons (Fsp3) is 0.250. The van der Waals surface area contributed by atoms with Crippen LogP contribution in [0.5, 0.6) is 0 Å². The quantitative estimate of drug-likeness (QED) is 0.348. The van der Waals surface area contributed by atoms with E-state index in [0.29, 0.717) is 0 Å². The lowest BCUT2D eigenvalue weighted by Crippen LogP contribution is -2.16. The van der Waals surface area contributed by atoms with E-state index in [0.717, 1.165) is 23.3 Å². The van der Waals surface area contributed by atoms with Gasteiger partial charge >= 0.3 is 0 Å². The molecule has 0 saturated heterocycles. The van der Waals surface area contributed by atoms with Gasteiger partial charge in [0.1, 0.15) is 4.60 Å². The molecule has 2 rings (SSSR count). The normalized spacial score (nSPS) is 10.6. The molecule has 2 nitrogen and oxygen atoms in total. The maximum Gasteiger partial charge on any atom is 0.130 e. The van der Waals surface area contributed by atoms with Crippen LogP contribution in [-0.4, -0.2) is 11.5 Å². The molecule has 0 saturated carbocycles. The Hall–Kier alpha value is 0.210. The number of anilines is 1. The molecule has 0 aliphatic heterocycles. The molecular weight excluding hydrogens is 443 g/mol. The molecule has 6 heteroatoms. The molecular formula is C12H12BrIN2S2. The summed E-state index contributed by atoms with van der Waals surface area (Å²) in [7, 11) is 1.70. The number of nitrogens with zero attached hydrogens (tertiary/aromatic N) is 2. The summed E-state index contributed by atoms with van der Waals surface area (Å²) >= 11 is 7.59. The van der Waals surface area contributed by atoms with Gasteiger partial charge < -0.3 is 4.31 Å². The largest absolute Gasteiger partial charge is 0.305 e. The predicted molar refractivity (Wildman–Crippen MR) is 93.7 cm³/mol. The summed E-state index contributed by atoms with van der Waals surface area (Å²) in [5.41, 5.74) is 3.72. The van der Waals surface area contributed by atoms with E-state index in [-0.39, 0.29) is 0 Å². The van der Waals surface area contributed by atoms with E-state index in [9.17, 15) is 0 Å². The number of hydrogen-bond acceptors (Lipinski definition) is 4. The summed E-state index contributed by atoms with van der Waals surface area (Å²) in [6.07, 6.45) is 2.93. The average Bonchev–Trinajstić information content (AvgIpc) is 2.87. The van der Waals surface area contributed by atoms with Crippen LogP contribution in [0.15, 0.2) is 33.7 Å². The SMILES string of the molecule is Cc1cnc(Br)c(N(CCc2ccsc2)SI)c1. The van der Waals surface area contributed by atoms with Gasteiger partial charge in [-0.25, -0.2) is 4.98 Å². The minimum Gasteiger partial charge on any atom is -0.305 e. The number of aromatic nitrogens is 1. The van der Waals surface area contributed by atoms with Crippen molar-refractivity contribution in [2.24, 2.45) is 0 Å². The summed E-state index contributed by atoms with van der Waals surface area (Å²) in [6.45, 7) is 3.05. The van der Waals surface area contributed by atoms with Gasteiger partial charge in [0.15, 0.2) is 0 Å². The molecule has 0 aliphatic rings. The van der Waals surface area contributed by atoms with Gasteiger partial charge in [-0.3, -0.25) is 0 Å². The van der Waals surface area contributed by atoms with Crippen LogP contribution in [0.25, 0.3) is 0 Å². The first-order chi connectivity index (χ1) is 8.70. The van der Waals surface area contributed by atoms with Crippen molar-refractivity contribution in [3.63, 3.8) is 0 Å². The zero-order valence-corrected chi connectivity index (χ0v) is 15.1. The number of thiophene rings is 1. The zero-order valence-electron chi connectivity index (χ0n) is 9.77. The Bertz CT molecular complexity index is 505. The van der Waals surface area contributed by atoms with Gasteiger partial charge in [0.2, 0.25) is 0 Å². The molecule has 2 aromatic heterocycles. The standard InChI is InChI=1S/C12H12BrIN2S2/c1-9-6-11(12(13)15-7-9)16(18-14)4-2-10-3-5-17-8-10/h3,5-8H,2,4H2,1H3. The van der Waals surface area contributed by atoms with Crippen LogP contribution in [-0.2, 0) is 6.42 Å². The van der Waals surface area contributed by atoms with Crippen LogP contribution in [0.3, 0.4) is 0 Å². The lowest BCUT2D eigenvalue weighted by atomic mass is 10.2. The number of pyridine rings is 1. The van der Waals surface area contributed by atoms with Crippen LogP contribution < -0.4 is 4.31 Å². The van der Waals surface area contributed by atoms with Gasteiger partial charge in [0.25, 0.3) is 0 Å². The molecule has 0 aliphatic carbocycles. The Morgan fingerprint density at radius 3 is 3.06 bits per heavy atom. The number of halogens is 2. The number of rotatable bonds is 5. The van der Waals surface area contributed by atoms with Crippen LogP contribution >= 0.6 is 57.6 Å². The van der Waals surface area contributed by atoms with Crippen LogP contribution in [0.4, 0.5) is 5.69 Å². The topological polar surface area (TPSA) is 16.1 Å². The number of hydrogen-bond donors (Lipinski definition) is 0. The highest BCUT2D eigenvalue weighted by Crippen LogP contribution is 2.33. The van der Waals surface area contributed by atoms with Crippen LogP contribution in [0.2, 0.25) is 0 Å². The van der Waals surface area contributed by atoms with Gasteiger partial charge in [-0.05, 0) is 63.3 Å². The molecule has 96 valence electrons. The maximum absolute atomic E-state index is 4.35. The van der Waals surface area contributed by atoms with Crippen molar-refractivity contribution in [2.45, 2.75) is 13.3 Å². The Balaban J connectivity index is 2.10. The van der Waals surface area contributed by atoms with Gasteiger partial charge in [0.05, 0.1) is 5.69 Å².